The molecule has 1 N–H and O–H groups in total. The highest BCUT2D eigenvalue weighted by Gasteiger charge is 2.28. The van der Waals surface area contributed by atoms with Crippen molar-refractivity contribution >= 4 is 27.1 Å². The Morgan fingerprint density at radius 2 is 1.64 bits per heavy atom. The molecule has 2 heterocycles. The number of benzene rings is 1. The maximum Gasteiger partial charge on any atom is 0.227 e. The van der Waals surface area contributed by atoms with Gasteiger partial charge in [-0.25, -0.2) is 8.42 Å². The predicted molar refractivity (Wildman–Crippen MR) is 87.9 cm³/mol. The van der Waals surface area contributed by atoms with Crippen LogP contribution in [0.3, 0.4) is 0 Å². The summed E-state index contributed by atoms with van der Waals surface area (Å²) in [7, 11) is -2.92. The molecule has 120 valence electrons. The van der Waals surface area contributed by atoms with Crippen LogP contribution in [0.5, 0.6) is 0 Å². The Hall–Kier alpha value is -1.56. The lowest BCUT2D eigenvalue weighted by atomic mass is 10.0. The number of anilines is 2. The van der Waals surface area contributed by atoms with Gasteiger partial charge in [0, 0.05) is 30.4 Å². The van der Waals surface area contributed by atoms with Crippen LogP contribution in [0.15, 0.2) is 24.3 Å². The summed E-state index contributed by atoms with van der Waals surface area (Å²) in [6.45, 7) is 2.20. The average Bonchev–Trinajstić information content (AvgIpc) is 3.02. The fourth-order valence-electron chi connectivity index (χ4n) is 3.13. The zero-order chi connectivity index (χ0) is 15.6. The van der Waals surface area contributed by atoms with Crippen molar-refractivity contribution in [1.29, 1.82) is 0 Å². The summed E-state index contributed by atoms with van der Waals surface area (Å²) >= 11 is 0. The first-order valence-electron chi connectivity index (χ1n) is 7.90. The molecule has 2 saturated heterocycles. The normalized spacial score (nSPS) is 21.7. The van der Waals surface area contributed by atoms with Crippen molar-refractivity contribution in [3.8, 4) is 0 Å². The van der Waals surface area contributed by atoms with Gasteiger partial charge in [0.1, 0.15) is 9.84 Å². The smallest absolute Gasteiger partial charge is 0.227 e. The minimum absolute atomic E-state index is 0.0659. The van der Waals surface area contributed by atoms with Gasteiger partial charge in [0.15, 0.2) is 0 Å². The van der Waals surface area contributed by atoms with Crippen molar-refractivity contribution in [2.24, 2.45) is 5.92 Å². The molecule has 2 aliphatic heterocycles. The maximum absolute atomic E-state index is 12.2. The number of hydrogen-bond acceptors (Lipinski definition) is 4. The Morgan fingerprint density at radius 3 is 2.23 bits per heavy atom. The molecule has 22 heavy (non-hydrogen) atoms. The van der Waals surface area contributed by atoms with Crippen LogP contribution >= 0.6 is 0 Å². The molecule has 0 saturated carbocycles. The van der Waals surface area contributed by atoms with E-state index in [-0.39, 0.29) is 23.3 Å². The molecule has 5 nitrogen and oxygen atoms in total. The molecule has 2 aliphatic rings. The van der Waals surface area contributed by atoms with Crippen LogP contribution in [0.4, 0.5) is 11.4 Å². The number of nitrogens with zero attached hydrogens (tertiary/aromatic N) is 1. The van der Waals surface area contributed by atoms with Gasteiger partial charge < -0.3 is 10.2 Å². The second-order valence-electron chi connectivity index (χ2n) is 6.16. The van der Waals surface area contributed by atoms with Crippen molar-refractivity contribution in [2.45, 2.75) is 25.7 Å². The first-order valence-corrected chi connectivity index (χ1v) is 9.72. The van der Waals surface area contributed by atoms with Gasteiger partial charge in [-0.2, -0.15) is 0 Å². The van der Waals surface area contributed by atoms with Crippen molar-refractivity contribution in [3.05, 3.63) is 24.3 Å². The largest absolute Gasteiger partial charge is 0.372 e. The van der Waals surface area contributed by atoms with E-state index in [0.29, 0.717) is 12.8 Å². The first kappa shape index (κ1) is 15.3. The van der Waals surface area contributed by atoms with Crippen molar-refractivity contribution in [2.75, 3.05) is 34.8 Å². The Morgan fingerprint density at radius 1 is 1.05 bits per heavy atom. The van der Waals surface area contributed by atoms with Crippen LogP contribution in [-0.4, -0.2) is 38.9 Å². The number of carbonyl (C=O) groups excluding carboxylic acids is 1. The van der Waals surface area contributed by atoms with Crippen molar-refractivity contribution < 1.29 is 13.2 Å². The van der Waals surface area contributed by atoms with E-state index in [1.807, 2.05) is 24.3 Å². The van der Waals surface area contributed by atoms with Crippen LogP contribution in [0, 0.1) is 5.92 Å². The summed E-state index contributed by atoms with van der Waals surface area (Å²) in [5, 5.41) is 2.90. The van der Waals surface area contributed by atoms with Gasteiger partial charge in [-0.3, -0.25) is 4.79 Å². The van der Waals surface area contributed by atoms with E-state index in [9.17, 15) is 13.2 Å². The molecular weight excluding hydrogens is 300 g/mol. The van der Waals surface area contributed by atoms with Gasteiger partial charge in [-0.05, 0) is 49.9 Å². The van der Waals surface area contributed by atoms with Gasteiger partial charge in [-0.15, -0.1) is 0 Å². The Balaban J connectivity index is 1.57. The standard InChI is InChI=1S/C16H22N2O3S/c19-16(13-7-11-22(20,21)12-8-13)17-14-3-5-15(6-4-14)18-9-1-2-10-18/h3-6,13H,1-2,7-12H2,(H,17,19). The molecule has 0 unspecified atom stereocenters. The topological polar surface area (TPSA) is 66.5 Å². The fourth-order valence-corrected chi connectivity index (χ4v) is 4.62. The van der Waals surface area contributed by atoms with Crippen LogP contribution in [0.1, 0.15) is 25.7 Å². The summed E-state index contributed by atoms with van der Waals surface area (Å²) in [6.07, 6.45) is 3.34. The molecule has 0 aliphatic carbocycles. The van der Waals surface area contributed by atoms with E-state index in [4.69, 9.17) is 0 Å². The highest BCUT2D eigenvalue weighted by atomic mass is 32.2. The van der Waals surface area contributed by atoms with Gasteiger partial charge in [0.05, 0.1) is 11.5 Å². The van der Waals surface area contributed by atoms with E-state index >= 15 is 0 Å². The third-order valence-corrected chi connectivity index (χ3v) is 6.25. The molecule has 0 atom stereocenters. The number of rotatable bonds is 3. The number of carbonyl (C=O) groups is 1. The minimum Gasteiger partial charge on any atom is -0.372 e. The van der Waals surface area contributed by atoms with Gasteiger partial charge in [0.2, 0.25) is 5.91 Å². The summed E-state index contributed by atoms with van der Waals surface area (Å²) in [6, 6.07) is 7.91. The predicted octanol–water partition coefficient (Wildman–Crippen LogP) is 2.05. The molecule has 0 bridgehead atoms. The van der Waals surface area contributed by atoms with Crippen LogP contribution in [0.25, 0.3) is 0 Å². The zero-order valence-electron chi connectivity index (χ0n) is 12.6. The highest BCUT2D eigenvalue weighted by molar-refractivity contribution is 7.91. The lowest BCUT2D eigenvalue weighted by molar-refractivity contribution is -0.120. The number of amides is 1. The average molecular weight is 322 g/mol. The van der Waals surface area contributed by atoms with Gasteiger partial charge in [0.25, 0.3) is 0 Å². The summed E-state index contributed by atoms with van der Waals surface area (Å²) < 4.78 is 22.8. The monoisotopic (exact) mass is 322 g/mol. The highest BCUT2D eigenvalue weighted by Crippen LogP contribution is 2.24. The van der Waals surface area contributed by atoms with E-state index in [2.05, 4.69) is 10.2 Å². The Bertz CT molecular complexity index is 620. The molecule has 1 aromatic carbocycles. The number of nitrogens with one attached hydrogen (secondary N) is 1. The van der Waals surface area contributed by atoms with Gasteiger partial charge in [-0.1, -0.05) is 0 Å². The fraction of sp³-hybridized carbons (Fsp3) is 0.562. The first-order chi connectivity index (χ1) is 10.5. The van der Waals surface area contributed by atoms with Crippen molar-refractivity contribution in [3.63, 3.8) is 0 Å². The quantitative estimate of drug-likeness (QED) is 0.925. The van der Waals surface area contributed by atoms with Crippen LogP contribution in [0.2, 0.25) is 0 Å². The summed E-state index contributed by atoms with van der Waals surface area (Å²) in [5.74, 6) is -0.0107. The summed E-state index contributed by atoms with van der Waals surface area (Å²) in [5.41, 5.74) is 1.97. The van der Waals surface area contributed by atoms with Crippen molar-refractivity contribution in [1.82, 2.24) is 0 Å². The molecular formula is C16H22N2O3S. The second kappa shape index (κ2) is 6.28. The lowest BCUT2D eigenvalue weighted by Crippen LogP contribution is -2.31. The molecule has 0 radical (unpaired) electrons. The number of hydrogen-bond donors (Lipinski definition) is 1. The molecule has 2 fully saturated rings. The molecule has 1 aromatic rings. The SMILES string of the molecule is O=C(Nc1ccc(N2CCCC2)cc1)C1CCS(=O)(=O)CC1. The third kappa shape index (κ3) is 3.61. The zero-order valence-corrected chi connectivity index (χ0v) is 13.4. The van der Waals surface area contributed by atoms with E-state index in [1.165, 1.54) is 18.5 Å². The molecule has 3 rings (SSSR count). The van der Waals surface area contributed by atoms with Crippen LogP contribution in [-0.2, 0) is 14.6 Å². The maximum atomic E-state index is 12.2. The minimum atomic E-state index is -2.92. The van der Waals surface area contributed by atoms with E-state index in [1.54, 1.807) is 0 Å². The van der Waals surface area contributed by atoms with E-state index < -0.39 is 9.84 Å². The van der Waals surface area contributed by atoms with Crippen LogP contribution < -0.4 is 10.2 Å². The molecule has 0 spiro atoms. The molecule has 0 aromatic heterocycles. The summed E-state index contributed by atoms with van der Waals surface area (Å²) in [4.78, 5) is 14.5. The Labute approximate surface area is 131 Å². The lowest BCUT2D eigenvalue weighted by Gasteiger charge is -2.21. The molecule has 6 heteroatoms. The number of sulfone groups is 1. The molecule has 1 amide bonds. The third-order valence-electron chi connectivity index (χ3n) is 4.53. The van der Waals surface area contributed by atoms with E-state index in [0.717, 1.165) is 18.8 Å². The van der Waals surface area contributed by atoms with Gasteiger partial charge >= 0.3 is 0 Å². The Kier molecular flexibility index (Phi) is 4.38. The second-order valence-corrected chi connectivity index (χ2v) is 8.46.